The minimum atomic E-state index is -0.869. The van der Waals surface area contributed by atoms with Crippen molar-refractivity contribution in [1.82, 2.24) is 21.1 Å². The monoisotopic (exact) mass is 761 g/mol. The Morgan fingerprint density at radius 3 is 1.83 bits per heavy atom. The second-order valence-electron chi connectivity index (χ2n) is 14.9. The van der Waals surface area contributed by atoms with Crippen molar-refractivity contribution in [1.29, 1.82) is 0 Å². The van der Waals surface area contributed by atoms with E-state index in [0.29, 0.717) is 44.3 Å². The number of carbonyl (C=O) groups excluding carboxylic acids is 4. The molecule has 10 nitrogen and oxygen atoms in total. The van der Waals surface area contributed by atoms with E-state index in [1.54, 1.807) is 0 Å². The molecule has 53 heavy (non-hydrogen) atoms. The molecule has 1 aliphatic carbocycles. The lowest BCUT2D eigenvalue weighted by molar-refractivity contribution is -0.123. The smallest absolute Gasteiger partial charge is 0.425 e. The summed E-state index contributed by atoms with van der Waals surface area (Å²) in [5.41, 5.74) is 3.25. The van der Waals surface area contributed by atoms with Gasteiger partial charge < -0.3 is 25.3 Å². The first-order valence-corrected chi connectivity index (χ1v) is 22.0. The van der Waals surface area contributed by atoms with Gasteiger partial charge in [0.25, 0.3) is 0 Å². The predicted octanol–water partition coefficient (Wildman–Crippen LogP) is 8.40. The van der Waals surface area contributed by atoms with Crippen LogP contribution in [-0.4, -0.2) is 76.6 Å². The van der Waals surface area contributed by atoms with Gasteiger partial charge in [0.2, 0.25) is 11.8 Å². The molecule has 0 heterocycles. The molecule has 2 rings (SSSR count). The third-order valence-electron chi connectivity index (χ3n) is 9.94. The van der Waals surface area contributed by atoms with Gasteiger partial charge in [-0.3, -0.25) is 9.59 Å². The Kier molecular flexibility index (Phi) is 26.1. The number of aliphatic hydroxyl groups excluding tert-OH is 1. The van der Waals surface area contributed by atoms with Crippen LogP contribution in [-0.2, 0) is 25.7 Å². The molecule has 0 spiro atoms. The number of nitrogens with zero attached hydrogens (tertiary/aromatic N) is 1. The highest BCUT2D eigenvalue weighted by molar-refractivity contribution is 7.99. The average Bonchev–Trinajstić information content (AvgIpc) is 3.96. The third kappa shape index (κ3) is 22.4. The summed E-state index contributed by atoms with van der Waals surface area (Å²) in [5, 5.41) is 17.3. The van der Waals surface area contributed by atoms with Crippen LogP contribution >= 0.6 is 11.8 Å². The van der Waals surface area contributed by atoms with Crippen molar-refractivity contribution >= 4 is 36.0 Å². The van der Waals surface area contributed by atoms with E-state index in [1.165, 1.54) is 93.8 Å². The molecule has 0 aromatic heterocycles. The summed E-state index contributed by atoms with van der Waals surface area (Å²) in [5.74, 6) is 0.641. The maximum Gasteiger partial charge on any atom is 0.425 e. The normalized spacial score (nSPS) is 14.2. The topological polar surface area (TPSA) is 137 Å². The molecule has 4 N–H and O–H groups in total. The van der Waals surface area contributed by atoms with Gasteiger partial charge in [0, 0.05) is 30.9 Å². The highest BCUT2D eigenvalue weighted by Gasteiger charge is 2.46. The van der Waals surface area contributed by atoms with Crippen LogP contribution in [0.1, 0.15) is 161 Å². The fraction of sp³-hybridized carbons (Fsp3) is 0.762. The molecule has 0 radical (unpaired) electrons. The Hall–Kier alpha value is -2.63. The molecular formula is C42H72N4O6S. The molecule has 2 atom stereocenters. The van der Waals surface area contributed by atoms with E-state index in [1.807, 2.05) is 30.3 Å². The van der Waals surface area contributed by atoms with Gasteiger partial charge in [0.1, 0.15) is 18.9 Å². The van der Waals surface area contributed by atoms with Crippen LogP contribution in [0.2, 0.25) is 0 Å². The molecule has 1 fully saturated rings. The second-order valence-corrected chi connectivity index (χ2v) is 16.0. The SMILES string of the molecule is CCCCCCCCCCCC(=O)NC[C@H](CSC[C@@H](C=O)N(NC1(CO)CC1)C(=O)OCc1ccccc1)NC(=O)CCCCCCCCCCC. The molecular weight excluding hydrogens is 689 g/mol. The lowest BCUT2D eigenvalue weighted by atomic mass is 10.1. The van der Waals surface area contributed by atoms with Crippen molar-refractivity contribution in [3.63, 3.8) is 0 Å². The summed E-state index contributed by atoms with van der Waals surface area (Å²) < 4.78 is 5.56. The Morgan fingerprint density at radius 2 is 1.32 bits per heavy atom. The van der Waals surface area contributed by atoms with Gasteiger partial charge in [-0.2, -0.15) is 11.8 Å². The van der Waals surface area contributed by atoms with Crippen LogP contribution in [0.15, 0.2) is 30.3 Å². The molecule has 0 aliphatic heterocycles. The van der Waals surface area contributed by atoms with Gasteiger partial charge >= 0.3 is 6.09 Å². The van der Waals surface area contributed by atoms with E-state index in [0.717, 1.165) is 44.1 Å². The van der Waals surface area contributed by atoms with Crippen molar-refractivity contribution in [3.8, 4) is 0 Å². The number of benzene rings is 1. The molecule has 1 aromatic rings. The lowest BCUT2D eigenvalue weighted by Crippen LogP contribution is -2.57. The van der Waals surface area contributed by atoms with Crippen molar-refractivity contribution in [2.45, 2.75) is 179 Å². The Morgan fingerprint density at radius 1 is 0.792 bits per heavy atom. The first kappa shape index (κ1) is 46.5. The zero-order valence-corrected chi connectivity index (χ0v) is 33.9. The number of rotatable bonds is 34. The number of aliphatic hydroxyl groups is 1. The largest absolute Gasteiger partial charge is 0.444 e. The number of hydrogen-bond donors (Lipinski definition) is 4. The van der Waals surface area contributed by atoms with E-state index in [-0.39, 0.29) is 36.8 Å². The molecule has 11 heteroatoms. The van der Waals surface area contributed by atoms with Crippen molar-refractivity contribution < 1.29 is 29.0 Å². The first-order valence-electron chi connectivity index (χ1n) is 20.8. The van der Waals surface area contributed by atoms with Crippen LogP contribution in [0.4, 0.5) is 4.79 Å². The van der Waals surface area contributed by atoms with Gasteiger partial charge in [-0.05, 0) is 31.2 Å². The van der Waals surface area contributed by atoms with Gasteiger partial charge in [-0.15, -0.1) is 0 Å². The van der Waals surface area contributed by atoms with E-state index in [2.05, 4.69) is 29.9 Å². The minimum Gasteiger partial charge on any atom is -0.444 e. The van der Waals surface area contributed by atoms with Gasteiger partial charge in [0.05, 0.1) is 18.2 Å². The number of carbonyl (C=O) groups is 4. The number of ether oxygens (including phenoxy) is 1. The fourth-order valence-electron chi connectivity index (χ4n) is 6.24. The number of nitrogens with one attached hydrogen (secondary N) is 3. The molecule has 3 amide bonds. The van der Waals surface area contributed by atoms with Crippen LogP contribution in [0, 0.1) is 0 Å². The van der Waals surface area contributed by atoms with Crippen LogP contribution < -0.4 is 16.1 Å². The van der Waals surface area contributed by atoms with Crippen LogP contribution in [0.3, 0.4) is 0 Å². The van der Waals surface area contributed by atoms with Crippen LogP contribution in [0.25, 0.3) is 0 Å². The standard InChI is InChI=1S/C42H72N4O6S/c1-3-5-7-9-11-13-15-17-22-26-39(49)43-30-37(44-40(50)27-23-18-16-14-12-10-8-6-4-2)33-53-34-38(31-47)46(45-42(35-48)28-29-42)41(51)52-32-36-24-20-19-21-25-36/h19-21,24-25,31,37-38,45,48H,3-18,22-23,26-30,32-35H2,1-2H3,(H,43,49)(H,44,50)/t37-,38-/m1/s1. The maximum absolute atomic E-state index is 13.3. The average molecular weight is 761 g/mol. The molecule has 0 unspecified atom stereocenters. The van der Waals surface area contributed by atoms with E-state index in [9.17, 15) is 24.3 Å². The van der Waals surface area contributed by atoms with Gasteiger partial charge in [-0.1, -0.05) is 147 Å². The lowest BCUT2D eigenvalue weighted by Gasteiger charge is -2.31. The van der Waals surface area contributed by atoms with Crippen LogP contribution in [0.5, 0.6) is 0 Å². The number of hydrazine groups is 1. The zero-order valence-electron chi connectivity index (χ0n) is 33.1. The Bertz CT molecular complexity index is 1120. The number of unbranched alkanes of at least 4 members (excludes halogenated alkanes) is 16. The van der Waals surface area contributed by atoms with Crippen molar-refractivity contribution in [3.05, 3.63) is 35.9 Å². The summed E-state index contributed by atoms with van der Waals surface area (Å²) in [6.45, 7) is 4.64. The zero-order chi connectivity index (χ0) is 38.4. The molecule has 0 bridgehead atoms. The third-order valence-corrected chi connectivity index (χ3v) is 11.2. The van der Waals surface area contributed by atoms with Gasteiger partial charge in [-0.25, -0.2) is 15.2 Å². The minimum absolute atomic E-state index is 0.0165. The number of thioether (sulfide) groups is 1. The highest BCUT2D eigenvalue weighted by atomic mass is 32.2. The van der Waals surface area contributed by atoms with E-state index >= 15 is 0 Å². The summed E-state index contributed by atoms with van der Waals surface area (Å²) >= 11 is 1.43. The Labute approximate surface area is 325 Å². The predicted molar refractivity (Wildman–Crippen MR) is 216 cm³/mol. The summed E-state index contributed by atoms with van der Waals surface area (Å²) in [6, 6.07) is 8.12. The number of aldehydes is 1. The number of hydrogen-bond acceptors (Lipinski definition) is 8. The summed E-state index contributed by atoms with van der Waals surface area (Å²) in [4.78, 5) is 51.4. The van der Waals surface area contributed by atoms with Crippen molar-refractivity contribution in [2.75, 3.05) is 24.7 Å². The molecule has 1 aliphatic rings. The first-order chi connectivity index (χ1) is 25.9. The quantitative estimate of drug-likeness (QED) is 0.0313. The highest BCUT2D eigenvalue weighted by Crippen LogP contribution is 2.35. The number of amides is 3. The molecule has 1 saturated carbocycles. The second kappa shape index (κ2) is 29.7. The summed E-state index contributed by atoms with van der Waals surface area (Å²) in [6.07, 6.45) is 23.6. The molecule has 0 saturated heterocycles. The van der Waals surface area contributed by atoms with Crippen molar-refractivity contribution in [2.24, 2.45) is 0 Å². The maximum atomic E-state index is 13.3. The van der Waals surface area contributed by atoms with E-state index in [4.69, 9.17) is 4.74 Å². The molecule has 302 valence electrons. The Balaban J connectivity index is 1.89. The van der Waals surface area contributed by atoms with E-state index < -0.39 is 17.7 Å². The fourth-order valence-corrected chi connectivity index (χ4v) is 7.33. The summed E-state index contributed by atoms with van der Waals surface area (Å²) in [7, 11) is 0. The van der Waals surface area contributed by atoms with Gasteiger partial charge in [0.15, 0.2) is 0 Å². The molecule has 1 aromatic carbocycles.